The lowest BCUT2D eigenvalue weighted by Gasteiger charge is -2.06. The molecule has 0 atom stereocenters. The van der Waals surface area contributed by atoms with Crippen LogP contribution in [0, 0.1) is 0 Å². The van der Waals surface area contributed by atoms with Gasteiger partial charge in [-0.05, 0) is 24.3 Å². The number of nitrogens with one attached hydrogen (secondary N) is 1. The van der Waals surface area contributed by atoms with Gasteiger partial charge in [-0.3, -0.25) is 4.79 Å². The van der Waals surface area contributed by atoms with E-state index >= 15 is 0 Å². The maximum atomic E-state index is 11.6. The highest BCUT2D eigenvalue weighted by atomic mass is 35.5. The number of para-hydroxylation sites is 2. The molecule has 2 aromatic rings. The number of nitrogens with zero attached hydrogens (tertiary/aromatic N) is 1. The number of hydrogen-bond acceptors (Lipinski definition) is 5. The van der Waals surface area contributed by atoms with Crippen molar-refractivity contribution in [2.45, 2.75) is 0 Å². The maximum Gasteiger partial charge on any atom is 0.277 e. The highest BCUT2D eigenvalue weighted by Gasteiger charge is 2.06. The van der Waals surface area contributed by atoms with Crippen molar-refractivity contribution < 1.29 is 19.4 Å². The highest BCUT2D eigenvalue weighted by molar-refractivity contribution is 6.32. The molecule has 7 heteroatoms. The number of hydrazone groups is 1. The van der Waals surface area contributed by atoms with Gasteiger partial charge in [0, 0.05) is 5.56 Å². The van der Waals surface area contributed by atoms with Crippen LogP contribution in [0.3, 0.4) is 0 Å². The van der Waals surface area contributed by atoms with Crippen LogP contribution in [-0.4, -0.2) is 30.9 Å². The zero-order chi connectivity index (χ0) is 16.7. The summed E-state index contributed by atoms with van der Waals surface area (Å²) in [6, 6.07) is 11.8. The molecule has 0 fully saturated rings. The summed E-state index contributed by atoms with van der Waals surface area (Å²) in [5, 5.41) is 14.0. The van der Waals surface area contributed by atoms with E-state index in [-0.39, 0.29) is 12.4 Å². The lowest BCUT2D eigenvalue weighted by molar-refractivity contribution is -0.123. The molecule has 6 nitrogen and oxygen atoms in total. The van der Waals surface area contributed by atoms with Crippen LogP contribution in [0.1, 0.15) is 5.56 Å². The minimum absolute atomic E-state index is 0.0553. The molecule has 0 spiro atoms. The summed E-state index contributed by atoms with van der Waals surface area (Å²) in [6.45, 7) is -0.231. The summed E-state index contributed by atoms with van der Waals surface area (Å²) in [4.78, 5) is 11.6. The Morgan fingerprint density at radius 1 is 1.26 bits per heavy atom. The van der Waals surface area contributed by atoms with Gasteiger partial charge in [-0.25, -0.2) is 5.43 Å². The Morgan fingerprint density at radius 2 is 2.00 bits per heavy atom. The number of phenols is 1. The Balaban J connectivity index is 1.88. The lowest BCUT2D eigenvalue weighted by Crippen LogP contribution is -2.24. The Morgan fingerprint density at radius 3 is 2.74 bits per heavy atom. The predicted octanol–water partition coefficient (Wildman–Crippen LogP) is 2.58. The second-order valence-corrected chi connectivity index (χ2v) is 4.82. The van der Waals surface area contributed by atoms with Gasteiger partial charge in [0.1, 0.15) is 5.75 Å². The quantitative estimate of drug-likeness (QED) is 0.628. The van der Waals surface area contributed by atoms with Gasteiger partial charge in [0.05, 0.1) is 18.3 Å². The predicted molar refractivity (Wildman–Crippen MR) is 87.3 cm³/mol. The molecule has 1 amide bonds. The van der Waals surface area contributed by atoms with Crippen LogP contribution in [0.15, 0.2) is 47.6 Å². The van der Waals surface area contributed by atoms with Crippen LogP contribution in [0.25, 0.3) is 0 Å². The largest absolute Gasteiger partial charge is 0.504 e. The number of benzene rings is 2. The number of phenolic OH excluding ortho intramolecular Hbond substituents is 1. The van der Waals surface area contributed by atoms with E-state index in [9.17, 15) is 9.90 Å². The number of halogens is 1. The molecule has 2 N–H and O–H groups in total. The van der Waals surface area contributed by atoms with Crippen molar-refractivity contribution in [1.29, 1.82) is 0 Å². The molecule has 0 bridgehead atoms. The smallest absolute Gasteiger partial charge is 0.277 e. The SMILES string of the molecule is COc1cccc(/C=N\NC(=O)COc2ccccc2Cl)c1O. The third-order valence-corrected chi connectivity index (χ3v) is 3.15. The highest BCUT2D eigenvalue weighted by Crippen LogP contribution is 2.27. The summed E-state index contributed by atoms with van der Waals surface area (Å²) < 4.78 is 10.3. The average Bonchev–Trinajstić information content (AvgIpc) is 2.55. The van der Waals surface area contributed by atoms with E-state index < -0.39 is 5.91 Å². The first kappa shape index (κ1) is 16.6. The monoisotopic (exact) mass is 334 g/mol. The van der Waals surface area contributed by atoms with E-state index in [0.29, 0.717) is 22.1 Å². The van der Waals surface area contributed by atoms with Crippen molar-refractivity contribution in [3.8, 4) is 17.2 Å². The third-order valence-electron chi connectivity index (χ3n) is 2.84. The Hall–Kier alpha value is -2.73. The molecular formula is C16H15ClN2O4. The lowest BCUT2D eigenvalue weighted by atomic mass is 10.2. The molecule has 120 valence electrons. The van der Waals surface area contributed by atoms with Crippen molar-refractivity contribution in [3.63, 3.8) is 0 Å². The zero-order valence-electron chi connectivity index (χ0n) is 12.3. The summed E-state index contributed by atoms with van der Waals surface area (Å²) in [6.07, 6.45) is 1.31. The number of carbonyl (C=O) groups is 1. The molecule has 0 saturated carbocycles. The van der Waals surface area contributed by atoms with E-state index in [2.05, 4.69) is 10.5 Å². The standard InChI is InChI=1S/C16H15ClN2O4/c1-22-14-8-4-5-11(16(14)21)9-18-19-15(20)10-23-13-7-3-2-6-12(13)17/h2-9,21H,10H2,1H3,(H,19,20)/b18-9-. The maximum absolute atomic E-state index is 11.6. The normalized spacial score (nSPS) is 10.5. The van der Waals surface area contributed by atoms with E-state index in [1.165, 1.54) is 13.3 Å². The van der Waals surface area contributed by atoms with Crippen molar-refractivity contribution in [1.82, 2.24) is 5.43 Å². The second kappa shape index (κ2) is 8.05. The van der Waals surface area contributed by atoms with Gasteiger partial charge in [0.15, 0.2) is 18.1 Å². The summed E-state index contributed by atoms with van der Waals surface area (Å²) >= 11 is 5.91. The molecule has 23 heavy (non-hydrogen) atoms. The van der Waals surface area contributed by atoms with Crippen molar-refractivity contribution in [2.75, 3.05) is 13.7 Å². The van der Waals surface area contributed by atoms with Crippen LogP contribution in [-0.2, 0) is 4.79 Å². The van der Waals surface area contributed by atoms with Crippen LogP contribution in [0.5, 0.6) is 17.2 Å². The summed E-state index contributed by atoms with van der Waals surface area (Å²) in [7, 11) is 1.45. The number of aromatic hydroxyl groups is 1. The third kappa shape index (κ3) is 4.62. The first-order valence-electron chi connectivity index (χ1n) is 6.67. The van der Waals surface area contributed by atoms with E-state index in [0.717, 1.165) is 0 Å². The molecule has 0 heterocycles. The Bertz CT molecular complexity index is 719. The van der Waals surface area contributed by atoms with Crippen LogP contribution in [0.4, 0.5) is 0 Å². The van der Waals surface area contributed by atoms with Gasteiger partial charge in [-0.1, -0.05) is 29.8 Å². The van der Waals surface area contributed by atoms with Gasteiger partial charge in [0.25, 0.3) is 5.91 Å². The van der Waals surface area contributed by atoms with Gasteiger partial charge in [-0.2, -0.15) is 5.10 Å². The van der Waals surface area contributed by atoms with Crippen molar-refractivity contribution in [3.05, 3.63) is 53.1 Å². The number of ether oxygens (including phenoxy) is 2. The molecule has 0 aliphatic heterocycles. The van der Waals surface area contributed by atoms with Gasteiger partial charge in [-0.15, -0.1) is 0 Å². The molecule has 0 radical (unpaired) electrons. The molecule has 0 unspecified atom stereocenters. The van der Waals surface area contributed by atoms with E-state index in [1.54, 1.807) is 42.5 Å². The molecule has 2 aromatic carbocycles. The topological polar surface area (TPSA) is 80.2 Å². The van der Waals surface area contributed by atoms with Gasteiger partial charge in [0.2, 0.25) is 0 Å². The Kier molecular flexibility index (Phi) is 5.82. The molecule has 0 aromatic heterocycles. The van der Waals surface area contributed by atoms with Crippen molar-refractivity contribution >= 4 is 23.7 Å². The Labute approximate surface area is 138 Å². The van der Waals surface area contributed by atoms with Crippen molar-refractivity contribution in [2.24, 2.45) is 5.10 Å². The number of rotatable bonds is 6. The second-order valence-electron chi connectivity index (χ2n) is 4.41. The molecular weight excluding hydrogens is 320 g/mol. The number of amides is 1. The number of carbonyl (C=O) groups excluding carboxylic acids is 1. The van der Waals surface area contributed by atoms with Crippen LogP contribution in [0.2, 0.25) is 5.02 Å². The minimum atomic E-state index is -0.455. The van der Waals surface area contributed by atoms with Gasteiger partial charge < -0.3 is 14.6 Å². The fourth-order valence-corrected chi connectivity index (χ4v) is 1.91. The number of methoxy groups -OCH3 is 1. The first-order valence-corrected chi connectivity index (χ1v) is 7.05. The molecule has 0 saturated heterocycles. The average molecular weight is 335 g/mol. The van der Waals surface area contributed by atoms with E-state index in [4.69, 9.17) is 21.1 Å². The number of hydrogen-bond donors (Lipinski definition) is 2. The van der Waals surface area contributed by atoms with Gasteiger partial charge >= 0.3 is 0 Å². The fraction of sp³-hybridized carbons (Fsp3) is 0.125. The zero-order valence-corrected chi connectivity index (χ0v) is 13.1. The first-order chi connectivity index (χ1) is 11.1. The van der Waals surface area contributed by atoms with Crippen LogP contribution >= 0.6 is 11.6 Å². The molecule has 0 aliphatic carbocycles. The minimum Gasteiger partial charge on any atom is -0.504 e. The molecule has 0 aliphatic rings. The van der Waals surface area contributed by atoms with E-state index in [1.807, 2.05) is 0 Å². The summed E-state index contributed by atoms with van der Waals surface area (Å²) in [5.74, 6) is 0.227. The molecule has 2 rings (SSSR count). The summed E-state index contributed by atoms with van der Waals surface area (Å²) in [5.41, 5.74) is 2.71. The van der Waals surface area contributed by atoms with Crippen LogP contribution < -0.4 is 14.9 Å². The fourth-order valence-electron chi connectivity index (χ4n) is 1.72.